The van der Waals surface area contributed by atoms with Crippen molar-refractivity contribution < 1.29 is 14.1 Å². The molecule has 20 heavy (non-hydrogen) atoms. The maximum atomic E-state index is 12.1. The molecule has 0 bridgehead atoms. The van der Waals surface area contributed by atoms with Gasteiger partial charge in [-0.25, -0.2) is 9.97 Å². The van der Waals surface area contributed by atoms with Crippen molar-refractivity contribution in [3.05, 3.63) is 41.3 Å². The molecule has 0 unspecified atom stereocenters. The highest BCUT2D eigenvalue weighted by Gasteiger charge is 2.25. The van der Waals surface area contributed by atoms with Gasteiger partial charge in [0.05, 0.1) is 24.6 Å². The molecule has 2 amide bonds. The number of hydrogen-bond acceptors (Lipinski definition) is 6. The van der Waals surface area contributed by atoms with Gasteiger partial charge in [0.15, 0.2) is 0 Å². The van der Waals surface area contributed by atoms with E-state index in [1.54, 1.807) is 4.90 Å². The fourth-order valence-electron chi connectivity index (χ4n) is 2.01. The molecule has 3 heterocycles. The van der Waals surface area contributed by atoms with Crippen LogP contribution >= 0.6 is 0 Å². The summed E-state index contributed by atoms with van der Waals surface area (Å²) in [6, 6.07) is 1.50. The molecule has 1 aliphatic rings. The van der Waals surface area contributed by atoms with Gasteiger partial charge in [-0.05, 0) is 6.42 Å². The molecule has 2 aromatic rings. The number of carbonyl (C=O) groups is 2. The van der Waals surface area contributed by atoms with Crippen LogP contribution in [0.1, 0.15) is 32.4 Å². The predicted molar refractivity (Wildman–Crippen MR) is 64.3 cm³/mol. The molecule has 2 aromatic heterocycles. The number of aromatic nitrogens is 3. The minimum atomic E-state index is -0.720. The summed E-state index contributed by atoms with van der Waals surface area (Å²) >= 11 is 0. The third-order valence-electron chi connectivity index (χ3n) is 3.01. The first-order chi connectivity index (χ1) is 9.65. The van der Waals surface area contributed by atoms with Crippen LogP contribution in [-0.2, 0) is 13.0 Å². The third kappa shape index (κ3) is 2.11. The Balaban J connectivity index is 1.85. The first-order valence-electron chi connectivity index (χ1n) is 5.92. The fraction of sp³-hybridized carbons (Fsp3) is 0.250. The Kier molecular flexibility index (Phi) is 2.90. The van der Waals surface area contributed by atoms with Gasteiger partial charge in [-0.2, -0.15) is 0 Å². The van der Waals surface area contributed by atoms with Crippen LogP contribution in [0.15, 0.2) is 16.8 Å². The molecule has 8 heteroatoms. The molecular formula is C12H10N5O3. The molecule has 0 saturated carbocycles. The Morgan fingerprint density at radius 2 is 2.30 bits per heavy atom. The summed E-state index contributed by atoms with van der Waals surface area (Å²) < 4.78 is 4.84. The standard InChI is InChI=1S/C12H10N5O3/c13-10(18)11-14-5-7-2-4-17(6-8(7)16-11)12(19)9-1-3-15-20-9/h1,3H,2,4,6H2,(H2,13,18). The lowest BCUT2D eigenvalue weighted by atomic mass is 10.1. The molecule has 0 saturated heterocycles. The van der Waals surface area contributed by atoms with Crippen LogP contribution < -0.4 is 5.73 Å². The number of amides is 2. The number of carbonyl (C=O) groups excluding carboxylic acids is 2. The average Bonchev–Trinajstić information content (AvgIpc) is 2.99. The second kappa shape index (κ2) is 4.72. The zero-order valence-corrected chi connectivity index (χ0v) is 10.4. The maximum Gasteiger partial charge on any atom is 0.292 e. The summed E-state index contributed by atoms with van der Waals surface area (Å²) in [6.45, 7) is 0.760. The van der Waals surface area contributed by atoms with Crippen LogP contribution in [-0.4, -0.2) is 38.4 Å². The van der Waals surface area contributed by atoms with E-state index in [4.69, 9.17) is 10.3 Å². The Morgan fingerprint density at radius 1 is 1.45 bits per heavy atom. The monoisotopic (exact) mass is 272 g/mol. The highest BCUT2D eigenvalue weighted by molar-refractivity contribution is 5.91. The second-order valence-corrected chi connectivity index (χ2v) is 4.30. The molecule has 1 radical (unpaired) electrons. The van der Waals surface area contributed by atoms with Crippen LogP contribution in [0.5, 0.6) is 0 Å². The van der Waals surface area contributed by atoms with Gasteiger partial charge in [0.25, 0.3) is 11.8 Å². The number of hydrogen-bond donors (Lipinski definition) is 1. The van der Waals surface area contributed by atoms with Crippen LogP contribution in [0.25, 0.3) is 0 Å². The number of fused-ring (bicyclic) bond motifs is 1. The lowest BCUT2D eigenvalue weighted by Gasteiger charge is -2.26. The molecule has 0 aromatic carbocycles. The number of nitrogens with zero attached hydrogens (tertiary/aromatic N) is 4. The van der Waals surface area contributed by atoms with Crippen LogP contribution in [0.2, 0.25) is 0 Å². The van der Waals surface area contributed by atoms with Crippen molar-refractivity contribution in [3.63, 3.8) is 0 Å². The Morgan fingerprint density at radius 3 is 3.00 bits per heavy atom. The largest absolute Gasteiger partial charge is 0.363 e. The summed E-state index contributed by atoms with van der Waals surface area (Å²) in [5, 5.41) is 3.50. The van der Waals surface area contributed by atoms with Gasteiger partial charge in [-0.1, -0.05) is 5.16 Å². The lowest BCUT2D eigenvalue weighted by Crippen LogP contribution is -2.37. The van der Waals surface area contributed by atoms with Crippen molar-refractivity contribution >= 4 is 11.8 Å². The molecule has 2 N–H and O–H groups in total. The minimum Gasteiger partial charge on any atom is -0.363 e. The Hall–Kier alpha value is -2.77. The highest BCUT2D eigenvalue weighted by Crippen LogP contribution is 2.18. The molecule has 0 atom stereocenters. The van der Waals surface area contributed by atoms with Crippen molar-refractivity contribution in [2.24, 2.45) is 5.73 Å². The smallest absolute Gasteiger partial charge is 0.292 e. The van der Waals surface area contributed by atoms with Crippen molar-refractivity contribution in [1.82, 2.24) is 20.0 Å². The molecule has 101 valence electrons. The number of nitrogens with two attached hydrogens (primary N) is 1. The summed E-state index contributed by atoms with van der Waals surface area (Å²) in [4.78, 5) is 32.6. The van der Waals surface area contributed by atoms with Gasteiger partial charge in [0, 0.05) is 18.2 Å². The molecule has 0 aliphatic carbocycles. The van der Waals surface area contributed by atoms with E-state index in [9.17, 15) is 9.59 Å². The molecule has 8 nitrogen and oxygen atoms in total. The summed E-state index contributed by atoms with van der Waals surface area (Å²) in [6.07, 6.45) is 4.72. The van der Waals surface area contributed by atoms with Crippen LogP contribution in [0.4, 0.5) is 0 Å². The molecular weight excluding hydrogens is 262 g/mol. The van der Waals surface area contributed by atoms with E-state index in [-0.39, 0.29) is 24.0 Å². The van der Waals surface area contributed by atoms with E-state index in [0.717, 1.165) is 5.56 Å². The zero-order chi connectivity index (χ0) is 14.1. The van der Waals surface area contributed by atoms with E-state index in [1.807, 2.05) is 0 Å². The fourth-order valence-corrected chi connectivity index (χ4v) is 2.01. The Labute approximate surface area is 113 Å². The summed E-state index contributed by atoms with van der Waals surface area (Å²) in [5.74, 6) is -0.922. The van der Waals surface area contributed by atoms with Gasteiger partial charge in [-0.3, -0.25) is 9.59 Å². The molecule has 3 rings (SSSR count). The SMILES string of the molecule is NC(=O)c1n[c]c2c(n1)CN(C(=O)c1ccno1)CC2. The third-order valence-corrected chi connectivity index (χ3v) is 3.01. The zero-order valence-electron chi connectivity index (χ0n) is 10.4. The van der Waals surface area contributed by atoms with Gasteiger partial charge >= 0.3 is 0 Å². The van der Waals surface area contributed by atoms with E-state index in [0.29, 0.717) is 18.7 Å². The topological polar surface area (TPSA) is 115 Å². The van der Waals surface area contributed by atoms with Gasteiger partial charge in [-0.15, -0.1) is 0 Å². The first-order valence-corrected chi connectivity index (χ1v) is 5.92. The predicted octanol–water partition coefficient (Wildman–Crippen LogP) is -0.438. The quantitative estimate of drug-likeness (QED) is 0.792. The molecule has 0 spiro atoms. The maximum absolute atomic E-state index is 12.1. The first kappa shape index (κ1) is 12.3. The lowest BCUT2D eigenvalue weighted by molar-refractivity contribution is 0.0689. The van der Waals surface area contributed by atoms with Crippen molar-refractivity contribution in [2.45, 2.75) is 13.0 Å². The number of rotatable bonds is 2. The van der Waals surface area contributed by atoms with E-state index in [1.165, 1.54) is 12.3 Å². The summed E-state index contributed by atoms with van der Waals surface area (Å²) in [5.41, 5.74) is 6.50. The molecule has 0 fully saturated rings. The van der Waals surface area contributed by atoms with Crippen molar-refractivity contribution in [1.29, 1.82) is 0 Å². The highest BCUT2D eigenvalue weighted by atomic mass is 16.5. The van der Waals surface area contributed by atoms with Gasteiger partial charge < -0.3 is 15.2 Å². The minimum absolute atomic E-state index is 0.0993. The van der Waals surface area contributed by atoms with Gasteiger partial charge in [0.1, 0.15) is 0 Å². The van der Waals surface area contributed by atoms with E-state index < -0.39 is 5.91 Å². The average molecular weight is 272 g/mol. The molecule has 1 aliphatic heterocycles. The van der Waals surface area contributed by atoms with Crippen LogP contribution in [0, 0.1) is 6.20 Å². The number of primary amides is 1. The van der Waals surface area contributed by atoms with E-state index >= 15 is 0 Å². The van der Waals surface area contributed by atoms with Crippen LogP contribution in [0.3, 0.4) is 0 Å². The van der Waals surface area contributed by atoms with Crippen molar-refractivity contribution in [2.75, 3.05) is 6.54 Å². The van der Waals surface area contributed by atoms with Crippen molar-refractivity contribution in [3.8, 4) is 0 Å². The Bertz CT molecular complexity index is 668. The second-order valence-electron chi connectivity index (χ2n) is 4.30. The summed E-state index contributed by atoms with van der Waals surface area (Å²) in [7, 11) is 0. The van der Waals surface area contributed by atoms with Gasteiger partial charge in [0.2, 0.25) is 11.6 Å². The van der Waals surface area contributed by atoms with E-state index in [2.05, 4.69) is 21.3 Å². The normalized spacial score (nSPS) is 13.9.